The van der Waals surface area contributed by atoms with Gasteiger partial charge in [-0.3, -0.25) is 0 Å². The molecule has 0 saturated carbocycles. The van der Waals surface area contributed by atoms with Gasteiger partial charge in [-0.15, -0.1) is 5.10 Å². The van der Waals surface area contributed by atoms with Gasteiger partial charge in [0.05, 0.1) is 6.20 Å². The van der Waals surface area contributed by atoms with E-state index in [1.807, 2.05) is 0 Å². The van der Waals surface area contributed by atoms with E-state index in [4.69, 9.17) is 0 Å². The van der Waals surface area contributed by atoms with E-state index in [9.17, 15) is 8.42 Å². The van der Waals surface area contributed by atoms with Gasteiger partial charge in [-0.2, -0.15) is 4.31 Å². The van der Waals surface area contributed by atoms with Crippen LogP contribution in [0.1, 0.15) is 19.3 Å². The van der Waals surface area contributed by atoms with Crippen LogP contribution in [0, 0.1) is 0 Å². The Morgan fingerprint density at radius 1 is 1.33 bits per heavy atom. The summed E-state index contributed by atoms with van der Waals surface area (Å²) in [5.74, 6) is 0. The lowest BCUT2D eigenvalue weighted by molar-refractivity contribution is 0.190. The normalized spacial score (nSPS) is 29.4. The standard InChI is InChI=1S/C10H17N5O2S/c1-14-10(5-11-13-14)18(16,17)15-6-8-3-2-4-9(7-15)12-8/h5,8-9,12H,2-4,6-7H2,1H3. The summed E-state index contributed by atoms with van der Waals surface area (Å²) in [6.07, 6.45) is 4.59. The Bertz CT molecular complexity index is 528. The lowest BCUT2D eigenvalue weighted by atomic mass is 9.96. The van der Waals surface area contributed by atoms with Gasteiger partial charge in [-0.1, -0.05) is 11.6 Å². The molecule has 1 aromatic rings. The minimum absolute atomic E-state index is 0.169. The molecule has 100 valence electrons. The Morgan fingerprint density at radius 2 is 2.00 bits per heavy atom. The topological polar surface area (TPSA) is 80.1 Å². The van der Waals surface area contributed by atoms with Gasteiger partial charge in [0.15, 0.2) is 5.03 Å². The summed E-state index contributed by atoms with van der Waals surface area (Å²) in [5.41, 5.74) is 0. The first-order valence-electron chi connectivity index (χ1n) is 6.18. The number of piperazine rings is 1. The van der Waals surface area contributed by atoms with E-state index in [0.717, 1.165) is 12.8 Å². The summed E-state index contributed by atoms with van der Waals surface area (Å²) in [6.45, 7) is 1.09. The molecular formula is C10H17N5O2S. The van der Waals surface area contributed by atoms with Gasteiger partial charge in [0.1, 0.15) is 0 Å². The predicted octanol–water partition coefficient (Wildman–Crippen LogP) is -0.670. The number of nitrogens with one attached hydrogen (secondary N) is 1. The van der Waals surface area contributed by atoms with E-state index in [2.05, 4.69) is 15.6 Å². The average Bonchev–Trinajstić information content (AvgIpc) is 2.75. The minimum Gasteiger partial charge on any atom is -0.309 e. The Balaban J connectivity index is 1.88. The maximum absolute atomic E-state index is 12.5. The summed E-state index contributed by atoms with van der Waals surface area (Å²) in [6, 6.07) is 0.571. The van der Waals surface area contributed by atoms with Crippen LogP contribution in [0.4, 0.5) is 0 Å². The first-order valence-corrected chi connectivity index (χ1v) is 7.62. The summed E-state index contributed by atoms with van der Waals surface area (Å²) < 4.78 is 27.9. The quantitative estimate of drug-likeness (QED) is 0.771. The van der Waals surface area contributed by atoms with Crippen molar-refractivity contribution in [1.29, 1.82) is 0 Å². The van der Waals surface area contributed by atoms with Gasteiger partial charge < -0.3 is 5.32 Å². The van der Waals surface area contributed by atoms with Crippen LogP contribution < -0.4 is 5.32 Å². The highest BCUT2D eigenvalue weighted by atomic mass is 32.2. The second-order valence-electron chi connectivity index (χ2n) is 5.01. The SMILES string of the molecule is Cn1nncc1S(=O)(=O)N1CC2CCCC(C1)N2. The van der Waals surface area contributed by atoms with Crippen LogP contribution in [0.25, 0.3) is 0 Å². The van der Waals surface area contributed by atoms with Gasteiger partial charge in [-0.05, 0) is 12.8 Å². The molecule has 0 radical (unpaired) electrons. The summed E-state index contributed by atoms with van der Waals surface area (Å²) in [4.78, 5) is 0. The Hall–Kier alpha value is -0.990. The van der Waals surface area contributed by atoms with Gasteiger partial charge in [0.2, 0.25) is 0 Å². The number of aromatic nitrogens is 3. The maximum Gasteiger partial charge on any atom is 0.261 e. The van der Waals surface area contributed by atoms with E-state index < -0.39 is 10.0 Å². The van der Waals surface area contributed by atoms with Crippen LogP contribution in [0.15, 0.2) is 11.2 Å². The highest BCUT2D eigenvalue weighted by Crippen LogP contribution is 2.24. The molecule has 7 nitrogen and oxygen atoms in total. The number of nitrogens with zero attached hydrogens (tertiary/aromatic N) is 4. The van der Waals surface area contributed by atoms with Gasteiger partial charge in [0.25, 0.3) is 10.0 Å². The minimum atomic E-state index is -3.46. The number of sulfonamides is 1. The van der Waals surface area contributed by atoms with Crippen LogP contribution in [0.5, 0.6) is 0 Å². The van der Waals surface area contributed by atoms with Crippen molar-refractivity contribution in [1.82, 2.24) is 24.6 Å². The number of rotatable bonds is 2. The highest BCUT2D eigenvalue weighted by molar-refractivity contribution is 7.89. The molecule has 2 aliphatic rings. The Labute approximate surface area is 106 Å². The fourth-order valence-electron chi connectivity index (χ4n) is 2.81. The first kappa shape index (κ1) is 12.1. The molecule has 1 N–H and O–H groups in total. The third kappa shape index (κ3) is 1.94. The molecular weight excluding hydrogens is 254 g/mol. The molecule has 0 amide bonds. The third-order valence-electron chi connectivity index (χ3n) is 3.70. The summed E-state index contributed by atoms with van der Waals surface area (Å²) >= 11 is 0. The van der Waals surface area contributed by atoms with Crippen LogP contribution in [-0.2, 0) is 17.1 Å². The van der Waals surface area contributed by atoms with Crippen molar-refractivity contribution < 1.29 is 8.42 Å². The molecule has 18 heavy (non-hydrogen) atoms. The van der Waals surface area contributed by atoms with Crippen LogP contribution in [0.2, 0.25) is 0 Å². The molecule has 2 unspecified atom stereocenters. The van der Waals surface area contributed by atoms with Crippen LogP contribution >= 0.6 is 0 Å². The van der Waals surface area contributed by atoms with Gasteiger partial charge in [0, 0.05) is 32.2 Å². The van der Waals surface area contributed by atoms with Crippen molar-refractivity contribution in [2.45, 2.75) is 36.4 Å². The Kier molecular flexibility index (Phi) is 2.87. The van der Waals surface area contributed by atoms with Crippen molar-refractivity contribution in [2.75, 3.05) is 13.1 Å². The van der Waals surface area contributed by atoms with Crippen molar-refractivity contribution in [3.8, 4) is 0 Å². The molecule has 2 bridgehead atoms. The average molecular weight is 271 g/mol. The number of hydrogen-bond acceptors (Lipinski definition) is 5. The predicted molar refractivity (Wildman–Crippen MR) is 64.3 cm³/mol. The fraction of sp³-hybridized carbons (Fsp3) is 0.800. The lowest BCUT2D eigenvalue weighted by Crippen LogP contribution is -2.59. The molecule has 3 rings (SSSR count). The third-order valence-corrected chi connectivity index (χ3v) is 5.58. The summed E-state index contributed by atoms with van der Waals surface area (Å²) in [5, 5.41) is 11.0. The monoisotopic (exact) mass is 271 g/mol. The molecule has 2 saturated heterocycles. The van der Waals surface area contributed by atoms with Crippen molar-refractivity contribution in [3.63, 3.8) is 0 Å². The fourth-order valence-corrected chi connectivity index (χ4v) is 4.37. The molecule has 2 aliphatic heterocycles. The zero-order valence-electron chi connectivity index (χ0n) is 10.3. The molecule has 2 atom stereocenters. The molecule has 0 aliphatic carbocycles. The molecule has 1 aromatic heterocycles. The van der Waals surface area contributed by atoms with Crippen LogP contribution in [0.3, 0.4) is 0 Å². The largest absolute Gasteiger partial charge is 0.309 e. The molecule has 3 heterocycles. The lowest BCUT2D eigenvalue weighted by Gasteiger charge is -2.41. The van der Waals surface area contributed by atoms with Crippen molar-refractivity contribution in [3.05, 3.63) is 6.20 Å². The number of aryl methyl sites for hydroxylation is 1. The molecule has 2 fully saturated rings. The second-order valence-corrected chi connectivity index (χ2v) is 6.89. The number of fused-ring (bicyclic) bond motifs is 2. The first-order chi connectivity index (χ1) is 8.57. The van der Waals surface area contributed by atoms with E-state index in [0.29, 0.717) is 13.1 Å². The van der Waals surface area contributed by atoms with E-state index in [-0.39, 0.29) is 17.1 Å². The van der Waals surface area contributed by atoms with E-state index >= 15 is 0 Å². The number of piperidine rings is 1. The van der Waals surface area contributed by atoms with Gasteiger partial charge in [-0.25, -0.2) is 13.1 Å². The number of hydrogen-bond donors (Lipinski definition) is 1. The van der Waals surface area contributed by atoms with Crippen molar-refractivity contribution >= 4 is 10.0 Å². The van der Waals surface area contributed by atoms with E-state index in [1.54, 1.807) is 11.4 Å². The molecule has 8 heteroatoms. The molecule has 0 aromatic carbocycles. The van der Waals surface area contributed by atoms with E-state index in [1.165, 1.54) is 17.3 Å². The maximum atomic E-state index is 12.5. The Morgan fingerprint density at radius 3 is 2.56 bits per heavy atom. The van der Waals surface area contributed by atoms with Gasteiger partial charge >= 0.3 is 0 Å². The zero-order chi connectivity index (χ0) is 12.8. The summed E-state index contributed by atoms with van der Waals surface area (Å²) in [7, 11) is -1.86. The zero-order valence-corrected chi connectivity index (χ0v) is 11.1. The molecule has 0 spiro atoms. The second kappa shape index (κ2) is 4.29. The van der Waals surface area contributed by atoms with Crippen LogP contribution in [-0.4, -0.2) is 52.9 Å². The van der Waals surface area contributed by atoms with Crippen molar-refractivity contribution in [2.24, 2.45) is 7.05 Å². The smallest absolute Gasteiger partial charge is 0.261 e. The highest BCUT2D eigenvalue weighted by Gasteiger charge is 2.37.